The number of nitrogens with zero attached hydrogens (tertiary/aromatic N) is 1. The minimum absolute atomic E-state index is 0.898. The van der Waals surface area contributed by atoms with Crippen LogP contribution in [0.3, 0.4) is 0 Å². The Morgan fingerprint density at radius 2 is 0.814 bits per heavy atom. The van der Waals surface area contributed by atoms with Crippen LogP contribution in [0.1, 0.15) is 0 Å². The van der Waals surface area contributed by atoms with Crippen molar-refractivity contribution >= 4 is 82.5 Å². The summed E-state index contributed by atoms with van der Waals surface area (Å²) in [6.07, 6.45) is 0. The van der Waals surface area contributed by atoms with E-state index in [4.69, 9.17) is 8.83 Å². The number of fused-ring (bicyclic) bond motifs is 10. The summed E-state index contributed by atoms with van der Waals surface area (Å²) in [5, 5.41) is 9.39. The fraction of sp³-hybridized carbons (Fsp3) is 0. The maximum Gasteiger partial charge on any atom is 0.143 e. The van der Waals surface area contributed by atoms with Gasteiger partial charge in [-0.25, -0.2) is 0 Å². The standard InChI is InChI=1S/C56H35NO2/c1-2-11-36(12-3-1)37-21-28-42(29-22-37)57(43-30-23-39(24-31-43)47-18-10-19-49-53-45-15-6-4-13-38(45)27-34-52(53)59-55(47)49)44-32-25-40(26-33-44)50-35-41-14-5-7-16-46(41)54-48-17-8-9-20-51(48)58-56(50)54/h1-35H. The highest BCUT2D eigenvalue weighted by molar-refractivity contribution is 6.23. The van der Waals surface area contributed by atoms with E-state index < -0.39 is 0 Å². The molecule has 0 bridgehead atoms. The summed E-state index contributed by atoms with van der Waals surface area (Å²) < 4.78 is 13.2. The summed E-state index contributed by atoms with van der Waals surface area (Å²) in [5.74, 6) is 0. The van der Waals surface area contributed by atoms with Crippen molar-refractivity contribution in [1.82, 2.24) is 0 Å². The lowest BCUT2D eigenvalue weighted by Gasteiger charge is -2.26. The maximum atomic E-state index is 6.61. The van der Waals surface area contributed by atoms with Gasteiger partial charge in [-0.05, 0) is 98.4 Å². The largest absolute Gasteiger partial charge is 0.455 e. The second-order valence-electron chi connectivity index (χ2n) is 15.2. The molecule has 0 unspecified atom stereocenters. The molecule has 0 saturated heterocycles. The molecule has 3 heteroatoms. The lowest BCUT2D eigenvalue weighted by atomic mass is 9.96. The van der Waals surface area contributed by atoms with Crippen molar-refractivity contribution < 1.29 is 8.83 Å². The molecule has 10 aromatic carbocycles. The van der Waals surface area contributed by atoms with Gasteiger partial charge in [0.2, 0.25) is 0 Å². The van der Waals surface area contributed by atoms with E-state index in [1.54, 1.807) is 0 Å². The van der Waals surface area contributed by atoms with Crippen molar-refractivity contribution in [2.24, 2.45) is 0 Å². The average molecular weight is 754 g/mol. The second kappa shape index (κ2) is 13.4. The number of para-hydroxylation sites is 2. The SMILES string of the molecule is c1ccc(-c2ccc(N(c3ccc(-c4cccc5c4oc4ccc6ccccc6c45)cc3)c3ccc(-c4cc5ccccc5c5c4oc4ccccc45)cc3)cc2)cc1. The minimum Gasteiger partial charge on any atom is -0.455 e. The fourth-order valence-corrected chi connectivity index (χ4v) is 9.04. The van der Waals surface area contributed by atoms with Gasteiger partial charge >= 0.3 is 0 Å². The molecule has 0 spiro atoms. The van der Waals surface area contributed by atoms with Gasteiger partial charge in [0.15, 0.2) is 0 Å². The van der Waals surface area contributed by atoms with Gasteiger partial charge in [-0.15, -0.1) is 0 Å². The van der Waals surface area contributed by atoms with Crippen molar-refractivity contribution in [2.45, 2.75) is 0 Å². The van der Waals surface area contributed by atoms with Gasteiger partial charge in [0.1, 0.15) is 22.3 Å². The van der Waals surface area contributed by atoms with Gasteiger partial charge in [0.05, 0.1) is 0 Å². The number of rotatable bonds is 6. The van der Waals surface area contributed by atoms with Crippen molar-refractivity contribution in [3.63, 3.8) is 0 Å². The summed E-state index contributed by atoms with van der Waals surface area (Å²) in [5.41, 5.74) is 13.5. The molecule has 276 valence electrons. The van der Waals surface area contributed by atoms with Crippen molar-refractivity contribution in [3.05, 3.63) is 212 Å². The van der Waals surface area contributed by atoms with Gasteiger partial charge in [0, 0.05) is 49.7 Å². The molecule has 0 fully saturated rings. The normalized spacial score (nSPS) is 11.7. The Kier molecular flexibility index (Phi) is 7.54. The van der Waals surface area contributed by atoms with Gasteiger partial charge in [-0.1, -0.05) is 158 Å². The first-order valence-corrected chi connectivity index (χ1v) is 20.1. The molecule has 59 heavy (non-hydrogen) atoms. The van der Waals surface area contributed by atoms with Gasteiger partial charge < -0.3 is 13.7 Å². The average Bonchev–Trinajstić information content (AvgIpc) is 3.90. The summed E-state index contributed by atoms with van der Waals surface area (Å²) in [4.78, 5) is 2.33. The van der Waals surface area contributed by atoms with Crippen LogP contribution in [0, 0.1) is 0 Å². The third-order valence-corrected chi connectivity index (χ3v) is 11.9. The van der Waals surface area contributed by atoms with Crippen LogP contribution in [-0.2, 0) is 0 Å². The van der Waals surface area contributed by atoms with E-state index in [-0.39, 0.29) is 0 Å². The Morgan fingerprint density at radius 3 is 1.53 bits per heavy atom. The zero-order valence-electron chi connectivity index (χ0n) is 32.0. The molecule has 0 amide bonds. The van der Waals surface area contributed by atoms with Gasteiger partial charge in [-0.2, -0.15) is 0 Å². The number of benzene rings is 10. The third-order valence-electron chi connectivity index (χ3n) is 11.9. The Hall–Kier alpha value is -7.88. The molecule has 12 aromatic rings. The van der Waals surface area contributed by atoms with E-state index in [2.05, 4.69) is 211 Å². The predicted molar refractivity (Wildman–Crippen MR) is 247 cm³/mol. The highest BCUT2D eigenvalue weighted by Crippen LogP contribution is 2.44. The van der Waals surface area contributed by atoms with E-state index in [9.17, 15) is 0 Å². The van der Waals surface area contributed by atoms with E-state index in [1.165, 1.54) is 32.7 Å². The monoisotopic (exact) mass is 753 g/mol. The highest BCUT2D eigenvalue weighted by Gasteiger charge is 2.19. The number of furan rings is 2. The molecule has 0 atom stereocenters. The molecular formula is C56H35NO2. The zero-order valence-corrected chi connectivity index (χ0v) is 32.0. The van der Waals surface area contributed by atoms with Crippen LogP contribution in [0.15, 0.2) is 221 Å². The molecule has 0 aliphatic heterocycles. The Balaban J connectivity index is 0.968. The lowest BCUT2D eigenvalue weighted by Crippen LogP contribution is -2.09. The minimum atomic E-state index is 0.898. The number of hydrogen-bond acceptors (Lipinski definition) is 3. The molecule has 0 radical (unpaired) electrons. The van der Waals surface area contributed by atoms with E-state index >= 15 is 0 Å². The van der Waals surface area contributed by atoms with Crippen LogP contribution in [0.25, 0.3) is 98.8 Å². The molecule has 12 rings (SSSR count). The fourth-order valence-electron chi connectivity index (χ4n) is 9.04. The molecule has 3 nitrogen and oxygen atoms in total. The van der Waals surface area contributed by atoms with Crippen LogP contribution in [0.2, 0.25) is 0 Å². The third kappa shape index (κ3) is 5.44. The first-order chi connectivity index (χ1) is 29.2. The molecule has 2 heterocycles. The van der Waals surface area contributed by atoms with E-state index in [1.807, 2.05) is 6.07 Å². The number of hydrogen-bond donors (Lipinski definition) is 0. The smallest absolute Gasteiger partial charge is 0.143 e. The second-order valence-corrected chi connectivity index (χ2v) is 15.2. The van der Waals surface area contributed by atoms with Crippen LogP contribution < -0.4 is 4.90 Å². The lowest BCUT2D eigenvalue weighted by molar-refractivity contribution is 0.670. The predicted octanol–water partition coefficient (Wildman–Crippen LogP) is 16.3. The quantitative estimate of drug-likeness (QED) is 0.169. The molecule has 0 N–H and O–H groups in total. The van der Waals surface area contributed by atoms with Crippen molar-refractivity contribution in [3.8, 4) is 33.4 Å². The van der Waals surface area contributed by atoms with Crippen LogP contribution in [0.4, 0.5) is 17.1 Å². The van der Waals surface area contributed by atoms with Crippen LogP contribution in [-0.4, -0.2) is 0 Å². The molecule has 2 aromatic heterocycles. The highest BCUT2D eigenvalue weighted by atomic mass is 16.3. The maximum absolute atomic E-state index is 6.61. The summed E-state index contributed by atoms with van der Waals surface area (Å²) >= 11 is 0. The Morgan fingerprint density at radius 1 is 0.288 bits per heavy atom. The molecular weight excluding hydrogens is 719 g/mol. The van der Waals surface area contributed by atoms with Crippen LogP contribution >= 0.6 is 0 Å². The van der Waals surface area contributed by atoms with E-state index in [0.717, 1.165) is 83.2 Å². The van der Waals surface area contributed by atoms with Gasteiger partial charge in [0.25, 0.3) is 0 Å². The van der Waals surface area contributed by atoms with Gasteiger partial charge in [-0.3, -0.25) is 0 Å². The number of anilines is 3. The summed E-state index contributed by atoms with van der Waals surface area (Å²) in [6.45, 7) is 0. The zero-order chi connectivity index (χ0) is 38.9. The Labute approximate surface area is 340 Å². The molecule has 0 aliphatic rings. The first kappa shape index (κ1) is 33.3. The Bertz CT molecular complexity index is 3520. The first-order valence-electron chi connectivity index (χ1n) is 20.1. The van der Waals surface area contributed by atoms with Crippen LogP contribution in [0.5, 0.6) is 0 Å². The van der Waals surface area contributed by atoms with Crippen molar-refractivity contribution in [2.75, 3.05) is 4.90 Å². The van der Waals surface area contributed by atoms with Crippen molar-refractivity contribution in [1.29, 1.82) is 0 Å². The topological polar surface area (TPSA) is 29.5 Å². The molecule has 0 aliphatic carbocycles. The summed E-state index contributed by atoms with van der Waals surface area (Å²) in [7, 11) is 0. The molecule has 0 saturated carbocycles. The van der Waals surface area contributed by atoms with E-state index in [0.29, 0.717) is 0 Å². The summed E-state index contributed by atoms with van der Waals surface area (Å²) in [6, 6.07) is 75.5.